The summed E-state index contributed by atoms with van der Waals surface area (Å²) in [6.45, 7) is 4.97. The van der Waals surface area contributed by atoms with Gasteiger partial charge in [0.1, 0.15) is 6.10 Å². The van der Waals surface area contributed by atoms with Gasteiger partial charge in [-0.25, -0.2) is 0 Å². The monoisotopic (exact) mass is 267 g/mol. The van der Waals surface area contributed by atoms with Crippen molar-refractivity contribution in [1.29, 1.82) is 0 Å². The Morgan fingerprint density at radius 2 is 2.19 bits per heavy atom. The standard InChI is InChI=1S/C10H17N3O.2ClH/c1-7(2)13-6-8(5-12-13)10-9(11)3-4-14-10;;/h5-7,9-10H,3-4,11H2,1-2H3;2*1H/t9-,10+;;/m0../s1. The number of nitrogens with two attached hydrogens (primary N) is 1. The van der Waals surface area contributed by atoms with Gasteiger partial charge < -0.3 is 10.5 Å². The third kappa shape index (κ3) is 3.10. The fourth-order valence-electron chi connectivity index (χ4n) is 1.73. The van der Waals surface area contributed by atoms with Gasteiger partial charge in [0.05, 0.1) is 6.20 Å². The van der Waals surface area contributed by atoms with Crippen LogP contribution in [-0.4, -0.2) is 22.4 Å². The van der Waals surface area contributed by atoms with Crippen molar-refractivity contribution in [3.63, 3.8) is 0 Å². The molecule has 1 aliphatic rings. The van der Waals surface area contributed by atoms with Crippen molar-refractivity contribution in [2.75, 3.05) is 6.61 Å². The highest BCUT2D eigenvalue weighted by atomic mass is 35.5. The van der Waals surface area contributed by atoms with E-state index < -0.39 is 0 Å². The third-order valence-corrected chi connectivity index (χ3v) is 2.62. The summed E-state index contributed by atoms with van der Waals surface area (Å²) < 4.78 is 7.50. The van der Waals surface area contributed by atoms with Crippen molar-refractivity contribution in [2.24, 2.45) is 5.73 Å². The third-order valence-electron chi connectivity index (χ3n) is 2.62. The predicted octanol–water partition coefficient (Wildman–Crippen LogP) is 2.10. The summed E-state index contributed by atoms with van der Waals surface area (Å²) >= 11 is 0. The van der Waals surface area contributed by atoms with Crippen molar-refractivity contribution in [1.82, 2.24) is 9.78 Å². The molecule has 0 aromatic carbocycles. The first-order chi connectivity index (χ1) is 6.68. The summed E-state index contributed by atoms with van der Waals surface area (Å²) in [5, 5.41) is 4.28. The van der Waals surface area contributed by atoms with Crippen LogP contribution in [0.5, 0.6) is 0 Å². The van der Waals surface area contributed by atoms with Gasteiger partial charge in [-0.2, -0.15) is 5.10 Å². The first kappa shape index (κ1) is 15.7. The topological polar surface area (TPSA) is 53.1 Å². The molecule has 0 bridgehead atoms. The Balaban J connectivity index is 0.00000112. The van der Waals surface area contributed by atoms with E-state index in [4.69, 9.17) is 10.5 Å². The van der Waals surface area contributed by atoms with Crippen LogP contribution >= 0.6 is 24.8 Å². The van der Waals surface area contributed by atoms with Crippen molar-refractivity contribution < 1.29 is 4.74 Å². The zero-order chi connectivity index (χ0) is 10.1. The van der Waals surface area contributed by atoms with Gasteiger partial charge in [-0.05, 0) is 20.3 Å². The van der Waals surface area contributed by atoms with Crippen LogP contribution in [0.25, 0.3) is 0 Å². The first-order valence-electron chi connectivity index (χ1n) is 5.09. The molecule has 2 atom stereocenters. The van der Waals surface area contributed by atoms with Gasteiger partial charge in [-0.3, -0.25) is 4.68 Å². The maximum atomic E-state index is 5.93. The second-order valence-electron chi connectivity index (χ2n) is 4.09. The largest absolute Gasteiger partial charge is 0.372 e. The molecule has 1 aliphatic heterocycles. The molecule has 4 nitrogen and oxygen atoms in total. The van der Waals surface area contributed by atoms with Crippen LogP contribution in [0, 0.1) is 0 Å². The summed E-state index contributed by atoms with van der Waals surface area (Å²) in [7, 11) is 0. The van der Waals surface area contributed by atoms with Crippen molar-refractivity contribution in [3.05, 3.63) is 18.0 Å². The van der Waals surface area contributed by atoms with Gasteiger partial charge in [-0.15, -0.1) is 24.8 Å². The molecule has 0 amide bonds. The maximum Gasteiger partial charge on any atom is 0.101 e. The smallest absolute Gasteiger partial charge is 0.101 e. The lowest BCUT2D eigenvalue weighted by atomic mass is 10.1. The van der Waals surface area contributed by atoms with E-state index in [2.05, 4.69) is 18.9 Å². The molecule has 2 N–H and O–H groups in total. The van der Waals surface area contributed by atoms with Crippen molar-refractivity contribution in [3.8, 4) is 0 Å². The minimum Gasteiger partial charge on any atom is -0.372 e. The van der Waals surface area contributed by atoms with Gasteiger partial charge >= 0.3 is 0 Å². The lowest BCUT2D eigenvalue weighted by molar-refractivity contribution is 0.105. The number of halogens is 2. The molecule has 6 heteroatoms. The molecule has 16 heavy (non-hydrogen) atoms. The van der Waals surface area contributed by atoms with Gasteiger partial charge in [-0.1, -0.05) is 0 Å². The SMILES string of the molecule is CC(C)n1cc([C@H]2OCC[C@@H]2N)cn1.Cl.Cl. The molecule has 0 spiro atoms. The summed E-state index contributed by atoms with van der Waals surface area (Å²) in [6, 6.07) is 0.515. The van der Waals surface area contributed by atoms with E-state index in [1.54, 1.807) is 0 Å². The lowest BCUT2D eigenvalue weighted by Crippen LogP contribution is -2.23. The Kier molecular flexibility index (Phi) is 6.33. The Bertz CT molecular complexity index is 317. The quantitative estimate of drug-likeness (QED) is 0.893. The fraction of sp³-hybridized carbons (Fsp3) is 0.700. The second kappa shape index (κ2) is 6.45. The highest BCUT2D eigenvalue weighted by molar-refractivity contribution is 5.85. The number of hydrogen-bond donors (Lipinski definition) is 1. The van der Waals surface area contributed by atoms with Crippen LogP contribution in [0.2, 0.25) is 0 Å². The van der Waals surface area contributed by atoms with E-state index in [0.717, 1.165) is 18.6 Å². The molecule has 0 unspecified atom stereocenters. The molecule has 0 radical (unpaired) electrons. The number of rotatable bonds is 2. The lowest BCUT2D eigenvalue weighted by Gasteiger charge is -2.11. The molecule has 0 aliphatic carbocycles. The minimum absolute atomic E-state index is 0. The van der Waals surface area contributed by atoms with E-state index in [0.29, 0.717) is 6.04 Å². The minimum atomic E-state index is 0. The molecule has 2 heterocycles. The predicted molar refractivity (Wildman–Crippen MR) is 68.4 cm³/mol. The zero-order valence-corrected chi connectivity index (χ0v) is 11.1. The molecule has 94 valence electrons. The average molecular weight is 268 g/mol. The molecule has 2 rings (SSSR count). The van der Waals surface area contributed by atoms with E-state index in [-0.39, 0.29) is 37.0 Å². The Morgan fingerprint density at radius 3 is 2.62 bits per heavy atom. The number of nitrogens with zero attached hydrogens (tertiary/aromatic N) is 2. The number of ether oxygens (including phenoxy) is 1. The van der Waals surface area contributed by atoms with Crippen LogP contribution in [0.15, 0.2) is 12.4 Å². The van der Waals surface area contributed by atoms with E-state index >= 15 is 0 Å². The Morgan fingerprint density at radius 1 is 1.50 bits per heavy atom. The van der Waals surface area contributed by atoms with Crippen molar-refractivity contribution >= 4 is 24.8 Å². The summed E-state index contributed by atoms with van der Waals surface area (Å²) in [5.41, 5.74) is 7.03. The van der Waals surface area contributed by atoms with E-state index in [1.807, 2.05) is 17.1 Å². The average Bonchev–Trinajstić information content (AvgIpc) is 2.71. The second-order valence-corrected chi connectivity index (χ2v) is 4.09. The molecule has 1 aromatic heterocycles. The molecule has 1 saturated heterocycles. The van der Waals surface area contributed by atoms with Gasteiger partial charge in [0.25, 0.3) is 0 Å². The normalized spacial score (nSPS) is 24.0. The van der Waals surface area contributed by atoms with Crippen LogP contribution in [0.1, 0.15) is 38.0 Å². The number of aromatic nitrogens is 2. The highest BCUT2D eigenvalue weighted by Crippen LogP contribution is 2.27. The van der Waals surface area contributed by atoms with E-state index in [1.165, 1.54) is 0 Å². The molecule has 1 aromatic rings. The highest BCUT2D eigenvalue weighted by Gasteiger charge is 2.27. The fourth-order valence-corrected chi connectivity index (χ4v) is 1.73. The van der Waals surface area contributed by atoms with E-state index in [9.17, 15) is 0 Å². The van der Waals surface area contributed by atoms with Gasteiger partial charge in [0, 0.05) is 30.5 Å². The molecular weight excluding hydrogens is 249 g/mol. The summed E-state index contributed by atoms with van der Waals surface area (Å²) in [6.07, 6.45) is 4.87. The number of hydrogen-bond acceptors (Lipinski definition) is 3. The van der Waals surface area contributed by atoms with Crippen molar-refractivity contribution in [2.45, 2.75) is 38.5 Å². The van der Waals surface area contributed by atoms with Crippen LogP contribution in [0.3, 0.4) is 0 Å². The Labute approximate surface area is 108 Å². The van der Waals surface area contributed by atoms with Crippen LogP contribution in [0.4, 0.5) is 0 Å². The van der Waals surface area contributed by atoms with Crippen LogP contribution < -0.4 is 5.73 Å². The summed E-state index contributed by atoms with van der Waals surface area (Å²) in [5.74, 6) is 0. The van der Waals surface area contributed by atoms with Crippen LogP contribution in [-0.2, 0) is 4.74 Å². The molecule has 1 fully saturated rings. The van der Waals surface area contributed by atoms with Gasteiger partial charge in [0.15, 0.2) is 0 Å². The molecule has 0 saturated carbocycles. The molecular formula is C10H19Cl2N3O. The first-order valence-corrected chi connectivity index (χ1v) is 5.09. The zero-order valence-electron chi connectivity index (χ0n) is 9.50. The maximum absolute atomic E-state index is 5.93. The summed E-state index contributed by atoms with van der Waals surface area (Å²) in [4.78, 5) is 0. The Hall–Kier alpha value is -0.290. The van der Waals surface area contributed by atoms with Gasteiger partial charge in [0.2, 0.25) is 0 Å².